The van der Waals surface area contributed by atoms with E-state index >= 15 is 0 Å². The average molecular weight is 1680 g/mol. The van der Waals surface area contributed by atoms with Gasteiger partial charge in [0.15, 0.2) is 0 Å². The Bertz CT molecular complexity index is 5790. The first-order valence-electron chi connectivity index (χ1n) is 39.8. The molecule has 632 valence electrons. The van der Waals surface area contributed by atoms with Gasteiger partial charge in [-0.2, -0.15) is 0 Å². The summed E-state index contributed by atoms with van der Waals surface area (Å²) < 4.78 is 41.0. The summed E-state index contributed by atoms with van der Waals surface area (Å²) >= 11 is 0. The molecular formula is C104H92F3N5O13. The minimum atomic E-state index is -0.476. The highest BCUT2D eigenvalue weighted by atomic mass is 19.1. The third-order valence-corrected chi connectivity index (χ3v) is 20.4. The Kier molecular flexibility index (Phi) is 30.0. The van der Waals surface area contributed by atoms with E-state index in [0.717, 1.165) is 35.3 Å². The van der Waals surface area contributed by atoms with Crippen LogP contribution in [0.2, 0.25) is 0 Å². The predicted molar refractivity (Wildman–Crippen MR) is 486 cm³/mol. The predicted octanol–water partition coefficient (Wildman–Crippen LogP) is 24.3. The van der Waals surface area contributed by atoms with E-state index in [9.17, 15) is 78.3 Å². The van der Waals surface area contributed by atoms with Crippen LogP contribution in [-0.4, -0.2) is 69.6 Å². The van der Waals surface area contributed by atoms with Gasteiger partial charge in [-0.1, -0.05) is 67.9 Å². The van der Waals surface area contributed by atoms with E-state index in [-0.39, 0.29) is 74.7 Å². The Hall–Kier alpha value is -16.0. The molecule has 15 rings (SSSR count). The lowest BCUT2D eigenvalue weighted by molar-refractivity contribution is 0.0990. The van der Waals surface area contributed by atoms with Crippen molar-refractivity contribution in [2.24, 2.45) is 0 Å². The van der Waals surface area contributed by atoms with Crippen molar-refractivity contribution in [3.05, 3.63) is 424 Å². The number of aromatic hydroxyl groups is 9. The number of anilines is 10. The number of nitrogens with zero attached hydrogens (tertiary/aromatic N) is 5. The third kappa shape index (κ3) is 23.5. The number of amides is 4. The Morgan fingerprint density at radius 3 is 0.816 bits per heavy atom. The highest BCUT2D eigenvalue weighted by Crippen LogP contribution is 2.38. The Morgan fingerprint density at radius 2 is 0.520 bits per heavy atom. The molecule has 0 saturated heterocycles. The van der Waals surface area contributed by atoms with Crippen LogP contribution in [0.3, 0.4) is 0 Å². The topological polar surface area (TPSA) is 267 Å². The monoisotopic (exact) mass is 1680 g/mol. The first-order chi connectivity index (χ1) is 60.0. The molecule has 15 aromatic rings. The van der Waals surface area contributed by atoms with Gasteiger partial charge < -0.3 is 50.9 Å². The first kappa shape index (κ1) is 89.8. The van der Waals surface area contributed by atoms with Gasteiger partial charge in [-0.15, -0.1) is 0 Å². The van der Waals surface area contributed by atoms with Crippen LogP contribution in [0.4, 0.5) is 70.0 Å². The van der Waals surface area contributed by atoms with E-state index in [1.165, 1.54) is 117 Å². The molecule has 125 heavy (non-hydrogen) atoms. The molecule has 0 saturated carbocycles. The number of hydrogen-bond donors (Lipinski definition) is 9. The van der Waals surface area contributed by atoms with Crippen LogP contribution in [0.15, 0.2) is 340 Å². The van der Waals surface area contributed by atoms with Crippen molar-refractivity contribution in [1.29, 1.82) is 0 Å². The second-order valence-electron chi connectivity index (χ2n) is 29.3. The molecule has 0 radical (unpaired) electrons. The summed E-state index contributed by atoms with van der Waals surface area (Å²) in [5, 5.41) is 85.7. The van der Waals surface area contributed by atoms with E-state index < -0.39 is 29.3 Å². The van der Waals surface area contributed by atoms with Crippen molar-refractivity contribution >= 4 is 80.5 Å². The summed E-state index contributed by atoms with van der Waals surface area (Å²) in [5.41, 5.74) is 15.8. The fourth-order valence-corrected chi connectivity index (χ4v) is 13.1. The maximum absolute atomic E-state index is 13.9. The number of phenolic OH excluding ortho intramolecular Hbond substituents is 9. The van der Waals surface area contributed by atoms with Crippen molar-refractivity contribution in [2.45, 2.75) is 67.9 Å². The lowest BCUT2D eigenvalue weighted by Gasteiger charge is -2.26. The zero-order valence-corrected chi connectivity index (χ0v) is 69.5. The lowest BCUT2D eigenvalue weighted by atomic mass is 10.0. The number of phenols is 9. The van der Waals surface area contributed by atoms with Gasteiger partial charge in [0.25, 0.3) is 23.6 Å². The van der Waals surface area contributed by atoms with Gasteiger partial charge in [0.1, 0.15) is 69.2 Å². The minimum Gasteiger partial charge on any atom is -0.508 e. The number of carbonyl (C=O) groups is 4. The quantitative estimate of drug-likeness (QED) is 0.0387. The Morgan fingerprint density at radius 1 is 0.264 bits per heavy atom. The molecule has 0 aliphatic heterocycles. The number of halogens is 3. The molecule has 0 fully saturated rings. The summed E-state index contributed by atoms with van der Waals surface area (Å²) in [4.78, 5) is 60.5. The fourth-order valence-electron chi connectivity index (χ4n) is 13.1. The molecule has 15 aromatic carbocycles. The highest BCUT2D eigenvalue weighted by molar-refractivity contribution is 6.14. The molecule has 0 aliphatic rings. The van der Waals surface area contributed by atoms with Crippen molar-refractivity contribution in [2.75, 3.05) is 24.5 Å². The van der Waals surface area contributed by atoms with E-state index in [0.29, 0.717) is 74.3 Å². The second kappa shape index (κ2) is 41.8. The van der Waals surface area contributed by atoms with Crippen LogP contribution in [0.5, 0.6) is 51.7 Å². The van der Waals surface area contributed by atoms with Gasteiger partial charge in [0.2, 0.25) is 0 Å². The van der Waals surface area contributed by atoms with Gasteiger partial charge in [-0.25, -0.2) is 13.2 Å². The number of carbonyl (C=O) groups excluding carboxylic acids is 4. The van der Waals surface area contributed by atoms with Gasteiger partial charge >= 0.3 is 0 Å². The maximum atomic E-state index is 13.9. The Balaban J connectivity index is 0.000000152. The third-order valence-electron chi connectivity index (χ3n) is 20.4. The molecule has 21 heteroatoms. The SMILES string of the molecule is CCCc1ccc(C(=O)N(c2ccc(O)cc2)c2ccc(O)cc2)cc1.Cc1ccc(C(=O)N(c2ccc(O)cc2)c2ccc(F)cc2)cc1F.Cc1ccc(C(=O)N(c2ccc(O)cc2)c2ccc(O)cc2)cc1F.Cc1cccc(C(=O)N(c2ccc(O)cc2)c2ccc(O)cc2)c1C.Cc1cccc(CN(c2ccc(O)cc2)c2ccc(O)cc2)c1C. The van der Waals surface area contributed by atoms with E-state index in [1.807, 2.05) is 74.5 Å². The molecular weight excluding hydrogens is 1580 g/mol. The lowest BCUT2D eigenvalue weighted by Crippen LogP contribution is -2.26. The summed E-state index contributed by atoms with van der Waals surface area (Å²) in [6.07, 6.45) is 2.04. The number of aryl methyl sites for hydroxylation is 5. The van der Waals surface area contributed by atoms with Gasteiger partial charge in [-0.3, -0.25) is 38.8 Å². The standard InChI is InChI=1S/C22H21NO3.C21H19NO3.C21H21NO2.C20H15F2NO2.C20H16FNO3/c1-2-3-16-4-6-17(7-5-16)22(26)23(18-8-12-20(24)13-9-18)19-10-14-21(25)15-11-19;1-14-4-3-5-20(15(14)2)21(25)22(16-6-10-18(23)11-7-16)17-8-12-19(24)13-9-17;1-15-4-3-5-17(16(15)2)14-22(18-6-10-20(23)11-7-18)19-8-12-21(24)13-9-19;1-13-2-3-14(12-19(13)22)20(25)23(16-6-4-15(21)5-7-16)17-8-10-18(24)11-9-17;1-13-2-3-14(12-19(13)21)20(25)22(15-4-8-17(23)9-5-15)16-6-10-18(24)11-7-16/h4-15,24-25H,2-3H2,1H3;3-13,23-24H,1-2H3;3-13,23-24H,14H2,1-2H3;2-12,24H,1H3;2-12,23-24H,1H3. The summed E-state index contributed by atoms with van der Waals surface area (Å²) in [6.45, 7) is 14.2. The second-order valence-corrected chi connectivity index (χ2v) is 29.3. The zero-order valence-electron chi connectivity index (χ0n) is 69.5. The van der Waals surface area contributed by atoms with Crippen molar-refractivity contribution in [3.8, 4) is 51.7 Å². The number of benzene rings is 15. The van der Waals surface area contributed by atoms with Crippen LogP contribution in [0.1, 0.15) is 99.3 Å². The summed E-state index contributed by atoms with van der Waals surface area (Å²) in [5.74, 6) is -1.36. The first-order valence-corrected chi connectivity index (χ1v) is 39.8. The van der Waals surface area contributed by atoms with Crippen LogP contribution in [0, 0.1) is 59.0 Å². The molecule has 0 heterocycles. The summed E-state index contributed by atoms with van der Waals surface area (Å²) in [6, 6.07) is 91.9. The number of hydrogen-bond acceptors (Lipinski definition) is 14. The molecule has 0 aliphatic carbocycles. The molecule has 0 spiro atoms. The smallest absolute Gasteiger partial charge is 0.263 e. The molecule has 0 atom stereocenters. The molecule has 0 aromatic heterocycles. The maximum Gasteiger partial charge on any atom is 0.263 e. The molecule has 0 unspecified atom stereocenters. The van der Waals surface area contributed by atoms with Crippen LogP contribution in [-0.2, 0) is 13.0 Å². The van der Waals surface area contributed by atoms with Crippen LogP contribution >= 0.6 is 0 Å². The highest BCUT2D eigenvalue weighted by Gasteiger charge is 2.27. The average Bonchev–Trinajstić information content (AvgIpc) is 0.810. The minimum absolute atomic E-state index is 0.0524. The zero-order chi connectivity index (χ0) is 89.5. The van der Waals surface area contributed by atoms with Crippen molar-refractivity contribution in [1.82, 2.24) is 0 Å². The normalized spacial score (nSPS) is 10.5. The molecule has 9 N–H and O–H groups in total. The molecule has 0 bridgehead atoms. The van der Waals surface area contributed by atoms with E-state index in [2.05, 4.69) is 43.9 Å². The number of rotatable bonds is 18. The van der Waals surface area contributed by atoms with E-state index in [1.54, 1.807) is 200 Å². The summed E-state index contributed by atoms with van der Waals surface area (Å²) in [7, 11) is 0. The van der Waals surface area contributed by atoms with Gasteiger partial charge in [0, 0.05) is 85.7 Å². The Labute approximate surface area is 722 Å². The van der Waals surface area contributed by atoms with Crippen LogP contribution in [0.25, 0.3) is 0 Å². The van der Waals surface area contributed by atoms with Crippen LogP contribution < -0.4 is 24.5 Å². The molecule has 4 amide bonds. The van der Waals surface area contributed by atoms with Gasteiger partial charge in [-0.05, 0) is 378 Å². The fraction of sp³-hybridized carbons (Fsp3) is 0.0962. The van der Waals surface area contributed by atoms with Crippen molar-refractivity contribution in [3.63, 3.8) is 0 Å². The van der Waals surface area contributed by atoms with Gasteiger partial charge in [0.05, 0.1) is 0 Å². The van der Waals surface area contributed by atoms with E-state index in [4.69, 9.17) is 0 Å². The molecule has 18 nitrogen and oxygen atoms in total. The largest absolute Gasteiger partial charge is 0.508 e. The van der Waals surface area contributed by atoms with Crippen molar-refractivity contribution < 1.29 is 78.3 Å².